The van der Waals surface area contributed by atoms with E-state index < -0.39 is 25.1 Å². The van der Waals surface area contributed by atoms with Gasteiger partial charge in [0.25, 0.3) is 0 Å². The summed E-state index contributed by atoms with van der Waals surface area (Å²) in [6.07, 6.45) is 0.849. The van der Waals surface area contributed by atoms with Crippen molar-refractivity contribution in [2.45, 2.75) is 19.0 Å². The molecule has 1 atom stereocenters. The summed E-state index contributed by atoms with van der Waals surface area (Å²) < 4.78 is 24.1. The maximum absolute atomic E-state index is 12.7. The Labute approximate surface area is 108 Å². The molecule has 0 radical (unpaired) electrons. The summed E-state index contributed by atoms with van der Waals surface area (Å²) in [7, 11) is -4.51. The molecule has 9 heteroatoms. The molecule has 1 rings (SSSR count). The first-order chi connectivity index (χ1) is 8.71. The number of pyridine rings is 1. The number of hydrogen-bond acceptors (Lipinski definition) is 4. The summed E-state index contributed by atoms with van der Waals surface area (Å²) in [6.45, 7) is 0.869. The minimum absolute atomic E-state index is 0.145. The maximum atomic E-state index is 12.7. The van der Waals surface area contributed by atoms with Crippen molar-refractivity contribution in [3.05, 3.63) is 29.8 Å². The zero-order valence-electron chi connectivity index (χ0n) is 10.1. The molecule has 1 unspecified atom stereocenters. The number of halogens is 1. The van der Waals surface area contributed by atoms with Crippen molar-refractivity contribution in [2.24, 2.45) is 0 Å². The standard InChI is InChI=1S/C10H14FN2O5P/c1-7(14)13(15)5-4-9(19(16,17)18)8-2-3-10(11)12-6-8/h2-3,6,9,15H,4-5H2,1H3,(H2,16,17,18). The molecule has 0 saturated heterocycles. The Balaban J connectivity index is 2.88. The highest BCUT2D eigenvalue weighted by Gasteiger charge is 2.31. The summed E-state index contributed by atoms with van der Waals surface area (Å²) in [5, 5.41) is 9.55. The van der Waals surface area contributed by atoms with Gasteiger partial charge in [-0.15, -0.1) is 0 Å². The van der Waals surface area contributed by atoms with Gasteiger partial charge in [-0.1, -0.05) is 6.07 Å². The largest absolute Gasteiger partial charge is 0.333 e. The molecule has 1 amide bonds. The quantitative estimate of drug-likeness (QED) is 0.324. The van der Waals surface area contributed by atoms with Crippen LogP contribution in [0.3, 0.4) is 0 Å². The number of hydroxylamine groups is 2. The number of hydrogen-bond donors (Lipinski definition) is 3. The summed E-state index contributed by atoms with van der Waals surface area (Å²) >= 11 is 0. The predicted octanol–water partition coefficient (Wildman–Crippen LogP) is 1.07. The fraction of sp³-hybridized carbons (Fsp3) is 0.400. The molecule has 19 heavy (non-hydrogen) atoms. The van der Waals surface area contributed by atoms with E-state index >= 15 is 0 Å². The van der Waals surface area contributed by atoms with Crippen molar-refractivity contribution in [3.63, 3.8) is 0 Å². The highest BCUT2D eigenvalue weighted by atomic mass is 31.2. The smallest absolute Gasteiger partial charge is 0.324 e. The molecule has 1 aromatic heterocycles. The average Bonchev–Trinajstić information content (AvgIpc) is 2.29. The first-order valence-electron chi connectivity index (χ1n) is 5.35. The number of nitrogens with zero attached hydrogens (tertiary/aromatic N) is 2. The summed E-state index contributed by atoms with van der Waals surface area (Å²) in [5.74, 6) is -1.40. The van der Waals surface area contributed by atoms with Crippen molar-refractivity contribution in [3.8, 4) is 0 Å². The lowest BCUT2D eigenvalue weighted by Crippen LogP contribution is -2.26. The number of rotatable bonds is 5. The fourth-order valence-corrected chi connectivity index (χ4v) is 2.51. The second kappa shape index (κ2) is 6.21. The monoisotopic (exact) mass is 292 g/mol. The molecule has 0 spiro atoms. The van der Waals surface area contributed by atoms with Gasteiger partial charge in [-0.3, -0.25) is 14.6 Å². The Bertz CT molecular complexity index is 489. The molecule has 0 aromatic carbocycles. The lowest BCUT2D eigenvalue weighted by Gasteiger charge is -2.20. The highest BCUT2D eigenvalue weighted by Crippen LogP contribution is 2.53. The van der Waals surface area contributed by atoms with Crippen LogP contribution in [-0.2, 0) is 9.36 Å². The first-order valence-corrected chi connectivity index (χ1v) is 7.03. The summed E-state index contributed by atoms with van der Waals surface area (Å²) in [5.41, 5.74) is -1.11. The minimum Gasteiger partial charge on any atom is -0.324 e. The summed E-state index contributed by atoms with van der Waals surface area (Å²) in [6, 6.07) is 2.20. The number of amides is 1. The molecular weight excluding hydrogens is 278 g/mol. The van der Waals surface area contributed by atoms with E-state index in [9.17, 15) is 28.7 Å². The third kappa shape index (κ3) is 4.68. The van der Waals surface area contributed by atoms with Gasteiger partial charge in [-0.25, -0.2) is 10.0 Å². The zero-order valence-corrected chi connectivity index (χ0v) is 11.0. The van der Waals surface area contributed by atoms with Gasteiger partial charge in [0.2, 0.25) is 11.9 Å². The van der Waals surface area contributed by atoms with Crippen LogP contribution in [0, 0.1) is 5.95 Å². The zero-order chi connectivity index (χ0) is 14.6. The van der Waals surface area contributed by atoms with E-state index in [2.05, 4.69) is 4.98 Å². The Kier molecular flexibility index (Phi) is 5.13. The van der Waals surface area contributed by atoms with Gasteiger partial charge in [0.05, 0.1) is 5.66 Å². The average molecular weight is 292 g/mol. The molecule has 0 aliphatic carbocycles. The molecule has 3 N–H and O–H groups in total. The van der Waals surface area contributed by atoms with Gasteiger partial charge >= 0.3 is 7.60 Å². The van der Waals surface area contributed by atoms with Crippen molar-refractivity contribution in [1.29, 1.82) is 0 Å². The lowest BCUT2D eigenvalue weighted by molar-refractivity contribution is -0.162. The van der Waals surface area contributed by atoms with Crippen LogP contribution in [0.25, 0.3) is 0 Å². The van der Waals surface area contributed by atoms with Crippen LogP contribution in [0.2, 0.25) is 0 Å². The topological polar surface area (TPSA) is 111 Å². The molecular formula is C10H14FN2O5P. The van der Waals surface area contributed by atoms with Crippen LogP contribution >= 0.6 is 7.60 Å². The van der Waals surface area contributed by atoms with E-state index in [0.717, 1.165) is 19.2 Å². The molecule has 1 heterocycles. The van der Waals surface area contributed by atoms with Crippen molar-refractivity contribution < 1.29 is 28.7 Å². The van der Waals surface area contributed by atoms with Gasteiger partial charge < -0.3 is 9.79 Å². The molecule has 0 saturated carbocycles. The molecule has 0 aliphatic rings. The fourth-order valence-electron chi connectivity index (χ4n) is 1.52. The number of carbonyl (C=O) groups is 1. The molecule has 7 nitrogen and oxygen atoms in total. The van der Waals surface area contributed by atoms with Crippen LogP contribution in [0.5, 0.6) is 0 Å². The van der Waals surface area contributed by atoms with Gasteiger partial charge in [-0.05, 0) is 18.1 Å². The Morgan fingerprint density at radius 1 is 1.53 bits per heavy atom. The van der Waals surface area contributed by atoms with E-state index in [1.165, 1.54) is 6.07 Å². The van der Waals surface area contributed by atoms with Crippen LogP contribution < -0.4 is 0 Å². The van der Waals surface area contributed by atoms with E-state index in [1.54, 1.807) is 0 Å². The van der Waals surface area contributed by atoms with Gasteiger partial charge in [0.15, 0.2) is 0 Å². The highest BCUT2D eigenvalue weighted by molar-refractivity contribution is 7.52. The second-order valence-corrected chi connectivity index (χ2v) is 5.75. The van der Waals surface area contributed by atoms with Crippen molar-refractivity contribution in [2.75, 3.05) is 6.54 Å². The van der Waals surface area contributed by atoms with E-state index in [-0.39, 0.29) is 18.5 Å². The number of aromatic nitrogens is 1. The van der Waals surface area contributed by atoms with Crippen molar-refractivity contribution in [1.82, 2.24) is 10.0 Å². The summed E-state index contributed by atoms with van der Waals surface area (Å²) in [4.78, 5) is 32.6. The number of carbonyl (C=O) groups excluding carboxylic acids is 1. The van der Waals surface area contributed by atoms with Gasteiger partial charge in [-0.2, -0.15) is 4.39 Å². The molecule has 0 bridgehead atoms. The third-order valence-electron chi connectivity index (χ3n) is 2.52. The predicted molar refractivity (Wildman–Crippen MR) is 62.8 cm³/mol. The Morgan fingerprint density at radius 2 is 2.16 bits per heavy atom. The molecule has 0 aliphatic heterocycles. The Hall–Kier alpha value is -1.34. The molecule has 106 valence electrons. The maximum Gasteiger partial charge on any atom is 0.333 e. The first kappa shape index (κ1) is 15.7. The normalized spacial score (nSPS) is 13.1. The van der Waals surface area contributed by atoms with Crippen LogP contribution in [0.4, 0.5) is 4.39 Å². The van der Waals surface area contributed by atoms with Crippen LogP contribution in [0.15, 0.2) is 18.3 Å². The molecule has 0 fully saturated rings. The van der Waals surface area contributed by atoms with Crippen LogP contribution in [-0.4, -0.2) is 37.5 Å². The Morgan fingerprint density at radius 3 is 2.58 bits per heavy atom. The van der Waals surface area contributed by atoms with E-state index in [4.69, 9.17) is 0 Å². The van der Waals surface area contributed by atoms with E-state index in [0.29, 0.717) is 5.06 Å². The third-order valence-corrected chi connectivity index (χ3v) is 3.89. The SMILES string of the molecule is CC(=O)N(O)CCC(c1ccc(F)nc1)P(=O)(O)O. The molecule has 1 aromatic rings. The second-order valence-electron chi connectivity index (χ2n) is 3.95. The minimum atomic E-state index is -4.51. The lowest BCUT2D eigenvalue weighted by atomic mass is 10.1. The van der Waals surface area contributed by atoms with Crippen LogP contribution in [0.1, 0.15) is 24.6 Å². The van der Waals surface area contributed by atoms with Gasteiger partial charge in [0.1, 0.15) is 0 Å². The van der Waals surface area contributed by atoms with Crippen molar-refractivity contribution >= 4 is 13.5 Å². The van der Waals surface area contributed by atoms with E-state index in [1.807, 2.05) is 0 Å². The van der Waals surface area contributed by atoms with Gasteiger partial charge in [0, 0.05) is 19.7 Å².